The molecule has 0 saturated heterocycles. The van der Waals surface area contributed by atoms with E-state index >= 15 is 0 Å². The van der Waals surface area contributed by atoms with Gasteiger partial charge in [0.1, 0.15) is 23.9 Å². The molecule has 0 aliphatic rings. The summed E-state index contributed by atoms with van der Waals surface area (Å²) in [5.74, 6) is -4.65. The molecule has 0 heterocycles. The number of phenolic OH excluding ortho intramolecular Hbond substituents is 1. The number of carboxylic acid groups (broad SMARTS) is 2. The van der Waals surface area contributed by atoms with E-state index in [0.717, 1.165) is 5.56 Å². The maximum atomic E-state index is 13.4. The second kappa shape index (κ2) is 16.0. The number of aromatic hydroxyl groups is 1. The molecule has 41 heavy (non-hydrogen) atoms. The van der Waals surface area contributed by atoms with Crippen LogP contribution in [0.2, 0.25) is 0 Å². The first-order chi connectivity index (χ1) is 19.3. The molecular formula is C29H38N4O8. The molecule has 0 saturated carbocycles. The molecular weight excluding hydrogens is 532 g/mol. The first-order valence-electron chi connectivity index (χ1n) is 13.3. The second-order valence-electron chi connectivity index (χ2n) is 10.3. The van der Waals surface area contributed by atoms with Crippen LogP contribution in [-0.2, 0) is 36.8 Å². The number of benzene rings is 2. The summed E-state index contributed by atoms with van der Waals surface area (Å²) in [6, 6.07) is 9.78. The number of rotatable bonds is 16. The normalized spacial score (nSPS) is 13.9. The number of carbonyl (C=O) groups is 5. The number of nitrogens with one attached hydrogen (secondary N) is 3. The fourth-order valence-electron chi connectivity index (χ4n) is 4.10. The summed E-state index contributed by atoms with van der Waals surface area (Å²) in [6.07, 6.45) is -0.479. The van der Waals surface area contributed by atoms with Crippen molar-refractivity contribution in [1.82, 2.24) is 16.0 Å². The minimum atomic E-state index is -1.40. The van der Waals surface area contributed by atoms with Crippen LogP contribution in [0, 0.1) is 5.92 Å². The summed E-state index contributed by atoms with van der Waals surface area (Å²) < 4.78 is 0. The Bertz CT molecular complexity index is 1190. The number of phenols is 1. The lowest BCUT2D eigenvalue weighted by molar-refractivity contribution is -0.143. The molecule has 0 spiro atoms. The molecule has 8 N–H and O–H groups in total. The van der Waals surface area contributed by atoms with Crippen LogP contribution in [0.4, 0.5) is 0 Å². The Balaban J connectivity index is 2.24. The summed E-state index contributed by atoms with van der Waals surface area (Å²) in [5, 5.41) is 35.8. The highest BCUT2D eigenvalue weighted by Crippen LogP contribution is 2.12. The topological polar surface area (TPSA) is 208 Å². The maximum Gasteiger partial charge on any atom is 0.326 e. The molecule has 0 fully saturated rings. The van der Waals surface area contributed by atoms with E-state index in [-0.39, 0.29) is 30.9 Å². The van der Waals surface area contributed by atoms with Crippen molar-refractivity contribution >= 4 is 29.7 Å². The lowest BCUT2D eigenvalue weighted by Gasteiger charge is -2.25. The van der Waals surface area contributed by atoms with Gasteiger partial charge < -0.3 is 37.0 Å². The number of nitrogens with two attached hydrogens (primary N) is 1. The van der Waals surface area contributed by atoms with Gasteiger partial charge in [-0.05, 0) is 42.0 Å². The molecule has 0 aliphatic heterocycles. The van der Waals surface area contributed by atoms with Crippen LogP contribution in [0.25, 0.3) is 0 Å². The van der Waals surface area contributed by atoms with Gasteiger partial charge in [-0.25, -0.2) is 4.79 Å². The van der Waals surface area contributed by atoms with Gasteiger partial charge in [-0.2, -0.15) is 0 Å². The highest BCUT2D eigenvalue weighted by molar-refractivity contribution is 5.94. The van der Waals surface area contributed by atoms with Gasteiger partial charge in [0.2, 0.25) is 17.7 Å². The van der Waals surface area contributed by atoms with E-state index in [1.807, 2.05) is 13.8 Å². The fraction of sp³-hybridized carbons (Fsp3) is 0.414. The number of aliphatic carboxylic acids is 2. The van der Waals surface area contributed by atoms with Gasteiger partial charge in [0.25, 0.3) is 0 Å². The number of amides is 3. The summed E-state index contributed by atoms with van der Waals surface area (Å²) in [6.45, 7) is 3.80. The van der Waals surface area contributed by atoms with Crippen molar-refractivity contribution < 1.29 is 39.3 Å². The SMILES string of the molecule is CC(C)CC(N)C(=O)NC(Cc1ccccc1)C(=O)NC(CCC(=O)O)C(=O)NC(Cc1ccc(O)cc1)C(=O)O. The van der Waals surface area contributed by atoms with Crippen molar-refractivity contribution in [3.8, 4) is 5.75 Å². The highest BCUT2D eigenvalue weighted by Gasteiger charge is 2.31. The molecule has 4 unspecified atom stereocenters. The monoisotopic (exact) mass is 570 g/mol. The molecule has 2 aromatic carbocycles. The van der Waals surface area contributed by atoms with E-state index in [0.29, 0.717) is 12.0 Å². The average Bonchev–Trinajstić information content (AvgIpc) is 2.91. The Labute approximate surface area is 238 Å². The third kappa shape index (κ3) is 11.7. The van der Waals surface area contributed by atoms with E-state index < -0.39 is 60.2 Å². The Morgan fingerprint density at radius 1 is 0.732 bits per heavy atom. The third-order valence-corrected chi connectivity index (χ3v) is 6.25. The van der Waals surface area contributed by atoms with E-state index in [4.69, 9.17) is 5.73 Å². The molecule has 222 valence electrons. The predicted octanol–water partition coefficient (Wildman–Crippen LogP) is 0.955. The molecule has 0 aliphatic carbocycles. The zero-order valence-electron chi connectivity index (χ0n) is 23.1. The fourth-order valence-corrected chi connectivity index (χ4v) is 4.10. The van der Waals surface area contributed by atoms with Crippen molar-refractivity contribution in [3.63, 3.8) is 0 Å². The largest absolute Gasteiger partial charge is 0.508 e. The molecule has 4 atom stereocenters. The van der Waals surface area contributed by atoms with Gasteiger partial charge in [0.05, 0.1) is 6.04 Å². The minimum absolute atomic E-state index is 0.0107. The first-order valence-corrected chi connectivity index (χ1v) is 13.3. The van der Waals surface area contributed by atoms with Crippen LogP contribution < -0.4 is 21.7 Å². The van der Waals surface area contributed by atoms with E-state index in [1.54, 1.807) is 30.3 Å². The third-order valence-electron chi connectivity index (χ3n) is 6.25. The molecule has 12 heteroatoms. The summed E-state index contributed by atoms with van der Waals surface area (Å²) >= 11 is 0. The molecule has 0 bridgehead atoms. The standard InChI is InChI=1S/C29H38N4O8/c1-17(2)14-21(30)26(37)32-23(15-18-6-4-3-5-7-18)28(39)31-22(12-13-25(35)36)27(38)33-24(29(40)41)16-19-8-10-20(34)11-9-19/h3-11,17,21-24,34H,12-16,30H2,1-2H3,(H,31,39)(H,32,37)(H,33,38)(H,35,36)(H,40,41). The van der Waals surface area contributed by atoms with Gasteiger partial charge in [-0.1, -0.05) is 56.3 Å². The van der Waals surface area contributed by atoms with Crippen LogP contribution in [0.1, 0.15) is 44.2 Å². The Kier molecular flexibility index (Phi) is 12.8. The van der Waals surface area contributed by atoms with Gasteiger partial charge in [0, 0.05) is 19.3 Å². The summed E-state index contributed by atoms with van der Waals surface area (Å²) in [5.41, 5.74) is 7.24. The molecule has 0 radical (unpaired) electrons. The summed E-state index contributed by atoms with van der Waals surface area (Å²) in [4.78, 5) is 62.5. The lowest BCUT2D eigenvalue weighted by atomic mass is 10.0. The Hall–Kier alpha value is -4.45. The van der Waals surface area contributed by atoms with E-state index in [9.17, 15) is 39.3 Å². The molecule has 2 rings (SSSR count). The van der Waals surface area contributed by atoms with Gasteiger partial charge >= 0.3 is 11.9 Å². The van der Waals surface area contributed by atoms with Crippen LogP contribution in [-0.4, -0.2) is 69.1 Å². The average molecular weight is 571 g/mol. The van der Waals surface area contributed by atoms with Gasteiger partial charge in [0.15, 0.2) is 0 Å². The molecule has 3 amide bonds. The van der Waals surface area contributed by atoms with E-state index in [1.165, 1.54) is 24.3 Å². The van der Waals surface area contributed by atoms with Crippen molar-refractivity contribution in [2.75, 3.05) is 0 Å². The second-order valence-corrected chi connectivity index (χ2v) is 10.3. The van der Waals surface area contributed by atoms with Crippen LogP contribution in [0.15, 0.2) is 54.6 Å². The quantitative estimate of drug-likeness (QED) is 0.153. The smallest absolute Gasteiger partial charge is 0.326 e. The van der Waals surface area contributed by atoms with Crippen LogP contribution in [0.3, 0.4) is 0 Å². The Morgan fingerprint density at radius 3 is 1.80 bits per heavy atom. The van der Waals surface area contributed by atoms with Gasteiger partial charge in [-0.3, -0.25) is 19.2 Å². The maximum absolute atomic E-state index is 13.4. The molecule has 12 nitrogen and oxygen atoms in total. The zero-order chi connectivity index (χ0) is 30.5. The first kappa shape index (κ1) is 32.8. The van der Waals surface area contributed by atoms with Crippen molar-refractivity contribution in [2.24, 2.45) is 11.7 Å². The number of carboxylic acids is 2. The number of carbonyl (C=O) groups excluding carboxylic acids is 3. The van der Waals surface area contributed by atoms with Crippen molar-refractivity contribution in [2.45, 2.75) is 70.1 Å². The zero-order valence-corrected chi connectivity index (χ0v) is 23.1. The number of hydrogen-bond donors (Lipinski definition) is 7. The molecule has 2 aromatic rings. The van der Waals surface area contributed by atoms with E-state index in [2.05, 4.69) is 16.0 Å². The highest BCUT2D eigenvalue weighted by atomic mass is 16.4. The van der Waals surface area contributed by atoms with Crippen LogP contribution >= 0.6 is 0 Å². The predicted molar refractivity (Wildman–Crippen MR) is 150 cm³/mol. The Morgan fingerprint density at radius 2 is 1.24 bits per heavy atom. The van der Waals surface area contributed by atoms with Gasteiger partial charge in [-0.15, -0.1) is 0 Å². The molecule has 0 aromatic heterocycles. The lowest BCUT2D eigenvalue weighted by Crippen LogP contribution is -2.58. The van der Waals surface area contributed by atoms with Crippen molar-refractivity contribution in [3.05, 3.63) is 65.7 Å². The van der Waals surface area contributed by atoms with Crippen LogP contribution in [0.5, 0.6) is 5.75 Å². The summed E-state index contributed by atoms with van der Waals surface area (Å²) in [7, 11) is 0. The number of hydrogen-bond acceptors (Lipinski definition) is 7. The van der Waals surface area contributed by atoms with Crippen molar-refractivity contribution in [1.29, 1.82) is 0 Å². The minimum Gasteiger partial charge on any atom is -0.508 e.